The average molecular weight is 855 g/mol. The summed E-state index contributed by atoms with van der Waals surface area (Å²) >= 11 is 0. The molecule has 0 N–H and O–H groups in total. The zero-order chi connectivity index (χ0) is 45.1. The molecule has 6 atom stereocenters. The third kappa shape index (κ3) is 12.1. The van der Waals surface area contributed by atoms with E-state index >= 15 is 0 Å². The highest BCUT2D eigenvalue weighted by Crippen LogP contribution is 2.37. The fourth-order valence-electron chi connectivity index (χ4n) is 7.60. The molecular weight excluding hydrogens is 801 g/mol. The van der Waals surface area contributed by atoms with E-state index in [4.69, 9.17) is 37.9 Å². The molecule has 14 heteroatoms. The molecule has 0 spiro atoms. The van der Waals surface area contributed by atoms with Crippen LogP contribution in [0.25, 0.3) is 0 Å². The van der Waals surface area contributed by atoms with Gasteiger partial charge < -0.3 is 37.9 Å². The molecule has 2 saturated carbocycles. The van der Waals surface area contributed by atoms with Gasteiger partial charge in [0.05, 0.1) is 23.0 Å². The maximum Gasteiger partial charge on any atom is 0.338 e. The van der Waals surface area contributed by atoms with E-state index in [0.717, 1.165) is 12.2 Å². The van der Waals surface area contributed by atoms with Crippen molar-refractivity contribution in [2.45, 2.75) is 92.3 Å². The van der Waals surface area contributed by atoms with Crippen LogP contribution in [-0.2, 0) is 38.1 Å². The van der Waals surface area contributed by atoms with Gasteiger partial charge in [0.25, 0.3) is 0 Å². The molecule has 3 aromatic carbocycles. The lowest BCUT2D eigenvalue weighted by atomic mass is 9.80. The summed E-state index contributed by atoms with van der Waals surface area (Å²) in [6.45, 7) is 17.1. The van der Waals surface area contributed by atoms with Crippen LogP contribution in [0.15, 0.2) is 73.8 Å². The van der Waals surface area contributed by atoms with Crippen LogP contribution in [0.5, 0.6) is 23.0 Å². The number of carbonyl (C=O) groups excluding carboxylic acids is 6. The lowest BCUT2D eigenvalue weighted by Crippen LogP contribution is -2.36. The molecule has 0 aromatic heterocycles. The number of benzene rings is 3. The zero-order valence-corrected chi connectivity index (χ0v) is 36.0. The Bertz CT molecular complexity index is 2040. The van der Waals surface area contributed by atoms with Crippen LogP contribution in [0.2, 0.25) is 0 Å². The second kappa shape index (κ2) is 21.4. The number of hydrogen-bond acceptors (Lipinski definition) is 14. The summed E-state index contributed by atoms with van der Waals surface area (Å²) in [7, 11) is 0. The lowest BCUT2D eigenvalue weighted by molar-refractivity contribution is -0.145. The van der Waals surface area contributed by atoms with Crippen molar-refractivity contribution in [3.63, 3.8) is 0 Å². The summed E-state index contributed by atoms with van der Waals surface area (Å²) in [6.07, 6.45) is 4.17. The van der Waals surface area contributed by atoms with Crippen LogP contribution < -0.4 is 18.9 Å². The molecule has 5 rings (SSSR count). The Kier molecular flexibility index (Phi) is 16.1. The zero-order valence-electron chi connectivity index (χ0n) is 36.0. The summed E-state index contributed by atoms with van der Waals surface area (Å²) in [6, 6.07) is 12.9. The molecule has 0 saturated heterocycles. The van der Waals surface area contributed by atoms with Gasteiger partial charge in [-0.1, -0.05) is 27.0 Å². The first-order valence-corrected chi connectivity index (χ1v) is 20.6. The minimum atomic E-state index is -0.608. The van der Waals surface area contributed by atoms with E-state index in [1.165, 1.54) is 0 Å². The van der Waals surface area contributed by atoms with Gasteiger partial charge in [-0.15, -0.1) is 0 Å². The molecule has 330 valence electrons. The molecule has 0 bridgehead atoms. The van der Waals surface area contributed by atoms with Crippen molar-refractivity contribution in [3.05, 3.63) is 107 Å². The van der Waals surface area contributed by atoms with Gasteiger partial charge >= 0.3 is 35.8 Å². The lowest BCUT2D eigenvalue weighted by Gasteiger charge is -2.33. The quantitative estimate of drug-likeness (QED) is 0.0443. The molecular formula is C48H54O14. The predicted octanol–water partition coefficient (Wildman–Crippen LogP) is 8.19. The fraction of sp³-hybridized carbons (Fsp3) is 0.417. The minimum absolute atomic E-state index is 0.102. The van der Waals surface area contributed by atoms with Crippen molar-refractivity contribution in [2.24, 2.45) is 23.7 Å². The Balaban J connectivity index is 1.07. The third-order valence-electron chi connectivity index (χ3n) is 11.5. The van der Waals surface area contributed by atoms with Gasteiger partial charge in [0, 0.05) is 12.2 Å². The summed E-state index contributed by atoms with van der Waals surface area (Å²) in [5.74, 6) is -2.29. The molecule has 14 nitrogen and oxygen atoms in total. The van der Waals surface area contributed by atoms with Crippen molar-refractivity contribution in [1.29, 1.82) is 0 Å². The molecule has 0 radical (unpaired) electrons. The highest BCUT2D eigenvalue weighted by molar-refractivity contribution is 5.90. The van der Waals surface area contributed by atoms with Crippen LogP contribution in [0, 0.1) is 51.4 Å². The summed E-state index contributed by atoms with van der Waals surface area (Å²) in [4.78, 5) is 75.3. The van der Waals surface area contributed by atoms with Crippen molar-refractivity contribution in [1.82, 2.24) is 0 Å². The van der Waals surface area contributed by atoms with Crippen LogP contribution in [0.3, 0.4) is 0 Å². The van der Waals surface area contributed by atoms with Crippen LogP contribution >= 0.6 is 0 Å². The van der Waals surface area contributed by atoms with Crippen LogP contribution in [0.1, 0.15) is 95.3 Å². The van der Waals surface area contributed by atoms with Crippen LogP contribution in [0.4, 0.5) is 0 Å². The molecule has 2 aliphatic rings. The second-order valence-electron chi connectivity index (χ2n) is 15.8. The normalized spacial score (nSPS) is 20.7. The Morgan fingerprint density at radius 1 is 0.565 bits per heavy atom. The standard InChI is InChI=1S/C48H54O14/c1-9-43(49)57-25-55-37-15-11-33(21-27(37)3)45(51)59-39-17-13-35(23-29(39)5)47(53)61-41-19-20-42(32(8)31(41)7)62-48(54)36-14-18-40(30(6)24-36)60-46(52)34-12-16-38(28(4)22-34)56-26-58-44(50)10-2/h9-12,15-16,19-22,29-30,35-36,39-40H,1-2,13-14,17-18,23-26H2,3-8H3. The topological polar surface area (TPSA) is 176 Å². The Morgan fingerprint density at radius 3 is 1.27 bits per heavy atom. The SMILES string of the molecule is C=CC(=O)OCOc1ccc(C(=O)OC2CCC(C(=O)Oc3ccc(OC(=O)C4CCC(OC(=O)c5ccc(OCOC(=O)C=C)c(C)c5)C(C)C4)c(C)c3C)CC2C)cc1C. The molecule has 2 aliphatic carbocycles. The molecule has 6 unspecified atom stereocenters. The number of aryl methyl sites for hydroxylation is 2. The van der Waals surface area contributed by atoms with Gasteiger partial charge in [0.1, 0.15) is 35.2 Å². The summed E-state index contributed by atoms with van der Waals surface area (Å²) in [5.41, 5.74) is 3.36. The fourth-order valence-corrected chi connectivity index (χ4v) is 7.60. The Labute approximate surface area is 361 Å². The van der Waals surface area contributed by atoms with Gasteiger partial charge in [-0.05, 0) is 149 Å². The maximum atomic E-state index is 13.4. The Morgan fingerprint density at radius 2 is 0.935 bits per heavy atom. The highest BCUT2D eigenvalue weighted by atomic mass is 16.7. The van der Waals surface area contributed by atoms with E-state index in [0.29, 0.717) is 94.9 Å². The molecule has 0 amide bonds. The van der Waals surface area contributed by atoms with Crippen LogP contribution in [-0.4, -0.2) is 61.6 Å². The van der Waals surface area contributed by atoms with E-state index in [-0.39, 0.29) is 49.6 Å². The van der Waals surface area contributed by atoms with Gasteiger partial charge in [-0.25, -0.2) is 19.2 Å². The van der Waals surface area contributed by atoms with Gasteiger partial charge in [0.15, 0.2) is 0 Å². The smallest absolute Gasteiger partial charge is 0.338 e. The number of rotatable bonds is 16. The molecule has 0 aliphatic heterocycles. The number of esters is 6. The summed E-state index contributed by atoms with van der Waals surface area (Å²) in [5, 5.41) is 0. The molecule has 62 heavy (non-hydrogen) atoms. The van der Waals surface area contributed by atoms with E-state index in [9.17, 15) is 28.8 Å². The predicted molar refractivity (Wildman–Crippen MR) is 225 cm³/mol. The van der Waals surface area contributed by atoms with E-state index in [2.05, 4.69) is 13.2 Å². The number of ether oxygens (including phenoxy) is 8. The van der Waals surface area contributed by atoms with E-state index in [1.807, 2.05) is 13.8 Å². The monoisotopic (exact) mass is 854 g/mol. The van der Waals surface area contributed by atoms with Gasteiger partial charge in [-0.3, -0.25) is 9.59 Å². The number of carbonyl (C=O) groups is 6. The van der Waals surface area contributed by atoms with Gasteiger partial charge in [-0.2, -0.15) is 0 Å². The Hall–Kier alpha value is -6.44. The first-order chi connectivity index (χ1) is 29.6. The first kappa shape index (κ1) is 46.6. The van der Waals surface area contributed by atoms with Crippen molar-refractivity contribution in [3.8, 4) is 23.0 Å². The van der Waals surface area contributed by atoms with Crippen molar-refractivity contribution < 1.29 is 66.7 Å². The summed E-state index contributed by atoms with van der Waals surface area (Å²) < 4.78 is 44.1. The molecule has 3 aromatic rings. The largest absolute Gasteiger partial charge is 0.458 e. The van der Waals surface area contributed by atoms with Crippen molar-refractivity contribution >= 4 is 35.8 Å². The minimum Gasteiger partial charge on any atom is -0.458 e. The molecule has 2 fully saturated rings. The van der Waals surface area contributed by atoms with Gasteiger partial charge in [0.2, 0.25) is 13.6 Å². The third-order valence-corrected chi connectivity index (χ3v) is 11.5. The molecule has 0 heterocycles. The first-order valence-electron chi connectivity index (χ1n) is 20.6. The number of hydrogen-bond donors (Lipinski definition) is 0. The average Bonchev–Trinajstić information content (AvgIpc) is 3.25. The second-order valence-corrected chi connectivity index (χ2v) is 15.8. The van der Waals surface area contributed by atoms with E-state index < -0.39 is 35.7 Å². The van der Waals surface area contributed by atoms with E-state index in [1.54, 1.807) is 76.2 Å². The highest BCUT2D eigenvalue weighted by Gasteiger charge is 2.37. The van der Waals surface area contributed by atoms with Crippen molar-refractivity contribution in [2.75, 3.05) is 13.6 Å². The maximum absolute atomic E-state index is 13.4.